The molecule has 0 spiro atoms. The van der Waals surface area contributed by atoms with Gasteiger partial charge in [-0.3, -0.25) is 5.01 Å². The average molecular weight is 580 g/mol. The molecule has 0 heterocycles. The molecule has 5 rings (SSSR count). The smallest absolute Gasteiger partial charge is 0.116 e. The summed E-state index contributed by atoms with van der Waals surface area (Å²) in [4.78, 5) is 8.81. The Morgan fingerprint density at radius 1 is 1.00 bits per heavy atom. The number of anilines is 1. The Kier molecular flexibility index (Phi) is 13.4. The van der Waals surface area contributed by atoms with Crippen LogP contribution in [0.5, 0.6) is 0 Å². The van der Waals surface area contributed by atoms with E-state index in [1.54, 1.807) is 0 Å². The van der Waals surface area contributed by atoms with Gasteiger partial charge in [-0.25, -0.2) is 5.84 Å². The second-order valence-corrected chi connectivity index (χ2v) is 13.1. The summed E-state index contributed by atoms with van der Waals surface area (Å²) in [5.74, 6) is 10.1. The Labute approximate surface area is 255 Å². The number of nitrogens with one attached hydrogen (secondary N) is 1. The van der Waals surface area contributed by atoms with Crippen LogP contribution in [-0.4, -0.2) is 19.4 Å². The molecule has 226 valence electrons. The first-order valence-corrected chi connectivity index (χ1v) is 16.2. The van der Waals surface area contributed by atoms with Crippen molar-refractivity contribution < 1.29 is 4.79 Å². The van der Waals surface area contributed by atoms with Crippen molar-refractivity contribution in [2.75, 3.05) is 12.1 Å². The van der Waals surface area contributed by atoms with Crippen LogP contribution in [0.25, 0.3) is 0 Å². The van der Waals surface area contributed by atoms with Crippen LogP contribution >= 0.6 is 11.6 Å². The molecule has 0 aliphatic heterocycles. The lowest BCUT2D eigenvalue weighted by atomic mass is 9.66. The number of nitrogens with zero attached hydrogens (tertiary/aromatic N) is 1. The fourth-order valence-electron chi connectivity index (χ4n) is 7.55. The van der Waals surface area contributed by atoms with Crippen molar-refractivity contribution >= 4 is 23.6 Å². The monoisotopic (exact) mass is 579 g/mol. The van der Waals surface area contributed by atoms with E-state index >= 15 is 0 Å². The maximum atomic E-state index is 8.81. The summed E-state index contributed by atoms with van der Waals surface area (Å²) in [6.45, 7) is 10.3. The van der Waals surface area contributed by atoms with E-state index in [-0.39, 0.29) is 0 Å². The largest absolute Gasteiger partial charge is 0.316 e. The number of aryl methyl sites for hydroxylation is 2. The lowest BCUT2D eigenvalue weighted by molar-refractivity contribution is -0.106. The highest BCUT2D eigenvalue weighted by molar-refractivity contribution is 6.30. The van der Waals surface area contributed by atoms with Crippen LogP contribution in [-0.2, 0) is 11.2 Å². The van der Waals surface area contributed by atoms with E-state index in [1.807, 2.05) is 23.2 Å². The van der Waals surface area contributed by atoms with Gasteiger partial charge in [-0.2, -0.15) is 0 Å². The van der Waals surface area contributed by atoms with Crippen molar-refractivity contribution in [1.29, 1.82) is 0 Å². The van der Waals surface area contributed by atoms with Gasteiger partial charge in [0.1, 0.15) is 6.29 Å². The molecule has 5 unspecified atom stereocenters. The molecule has 0 amide bonds. The third kappa shape index (κ3) is 9.43. The van der Waals surface area contributed by atoms with E-state index in [1.165, 1.54) is 80.7 Å². The number of allylic oxidation sites excluding steroid dienone is 2. The van der Waals surface area contributed by atoms with Gasteiger partial charge in [0, 0.05) is 22.7 Å². The first-order valence-electron chi connectivity index (χ1n) is 15.8. The van der Waals surface area contributed by atoms with Gasteiger partial charge in [0.05, 0.1) is 5.69 Å². The average Bonchev–Trinajstić information content (AvgIpc) is 3.11. The van der Waals surface area contributed by atoms with Crippen molar-refractivity contribution in [2.24, 2.45) is 29.5 Å². The van der Waals surface area contributed by atoms with Gasteiger partial charge in [0.15, 0.2) is 0 Å². The molecule has 4 nitrogen and oxygen atoms in total. The highest BCUT2D eigenvalue weighted by Crippen LogP contribution is 2.42. The number of hydrazine groups is 1. The van der Waals surface area contributed by atoms with Crippen LogP contribution in [0.2, 0.25) is 5.02 Å². The molecule has 3 aliphatic carbocycles. The number of halogens is 1. The predicted molar refractivity (Wildman–Crippen MR) is 176 cm³/mol. The molecule has 3 aliphatic rings. The molecule has 0 radical (unpaired) electrons. The van der Waals surface area contributed by atoms with Crippen molar-refractivity contribution in [1.82, 2.24) is 5.32 Å². The molecule has 5 heteroatoms. The Hall–Kier alpha value is -2.14. The second kappa shape index (κ2) is 16.5. The van der Waals surface area contributed by atoms with Crippen LogP contribution < -0.4 is 16.2 Å². The molecule has 0 aromatic heterocycles. The zero-order valence-corrected chi connectivity index (χ0v) is 27.1. The number of hydrogen-bond acceptors (Lipinski definition) is 4. The molecule has 41 heavy (non-hydrogen) atoms. The zero-order chi connectivity index (χ0) is 29.9. The Bertz CT molecular complexity index is 1130. The van der Waals surface area contributed by atoms with Crippen molar-refractivity contribution in [3.05, 3.63) is 75.4 Å². The highest BCUT2D eigenvalue weighted by Gasteiger charge is 2.36. The summed E-state index contributed by atoms with van der Waals surface area (Å²) < 4.78 is 0. The summed E-state index contributed by atoms with van der Waals surface area (Å²) in [6, 6.07) is 15.7. The maximum absolute atomic E-state index is 8.81. The summed E-state index contributed by atoms with van der Waals surface area (Å²) in [5.41, 5.74) is 7.54. The minimum atomic E-state index is 0.445. The van der Waals surface area contributed by atoms with Gasteiger partial charge in [0.25, 0.3) is 0 Å². The van der Waals surface area contributed by atoms with Gasteiger partial charge in [-0.15, -0.1) is 0 Å². The fourth-order valence-corrected chi connectivity index (χ4v) is 7.78. The van der Waals surface area contributed by atoms with E-state index in [9.17, 15) is 0 Å². The Morgan fingerprint density at radius 2 is 1.71 bits per heavy atom. The predicted octanol–water partition coefficient (Wildman–Crippen LogP) is 8.97. The molecule has 2 bridgehead atoms. The molecule has 2 saturated carbocycles. The standard InChI is InChI=1S/C23H29ClN2.C11H21N.C2H4O/c1-16-8-10-19(11-9-16)15-20-7-5-4-6-17(2)23(20)26(25)22-13-12-21(24)14-18(22)3;1-8-6-9-4-3-5-10(7-9)11(8)12-2;1-2-3/h8-14,20H,4-7,15,25H2,1-3H3;8-12H,3-7H2,1-2H3;2H,1H3. The number of benzene rings is 2. The number of nitrogens with two attached hydrogens (primary N) is 1. The lowest BCUT2D eigenvalue weighted by Crippen LogP contribution is -2.45. The summed E-state index contributed by atoms with van der Waals surface area (Å²) in [6.07, 6.45) is 14.0. The van der Waals surface area contributed by atoms with Gasteiger partial charge in [-0.1, -0.05) is 73.2 Å². The van der Waals surface area contributed by atoms with E-state index < -0.39 is 0 Å². The first kappa shape index (κ1) is 33.4. The maximum Gasteiger partial charge on any atom is 0.116 e. The third-order valence-electron chi connectivity index (χ3n) is 9.44. The summed E-state index contributed by atoms with van der Waals surface area (Å²) in [5, 5.41) is 6.18. The molecule has 2 aromatic carbocycles. The van der Waals surface area contributed by atoms with Gasteiger partial charge in [0.2, 0.25) is 0 Å². The van der Waals surface area contributed by atoms with Crippen molar-refractivity contribution in [3.63, 3.8) is 0 Å². The summed E-state index contributed by atoms with van der Waals surface area (Å²) >= 11 is 6.14. The second-order valence-electron chi connectivity index (χ2n) is 12.7. The Morgan fingerprint density at radius 3 is 2.37 bits per heavy atom. The van der Waals surface area contributed by atoms with E-state index in [4.69, 9.17) is 22.2 Å². The molecule has 2 aromatic rings. The minimum absolute atomic E-state index is 0.445. The third-order valence-corrected chi connectivity index (χ3v) is 9.68. The van der Waals surface area contributed by atoms with E-state index in [2.05, 4.69) is 64.3 Å². The first-order chi connectivity index (χ1) is 19.7. The van der Waals surface area contributed by atoms with Crippen LogP contribution in [0.15, 0.2) is 53.7 Å². The molecule has 0 saturated heterocycles. The van der Waals surface area contributed by atoms with Crippen LogP contribution in [0.3, 0.4) is 0 Å². The van der Waals surface area contributed by atoms with E-state index in [0.717, 1.165) is 59.2 Å². The number of carbonyl (C=O) groups excluding carboxylic acids is 1. The quantitative estimate of drug-likeness (QED) is 0.211. The number of fused-ring (bicyclic) bond motifs is 2. The number of rotatable bonds is 5. The zero-order valence-electron chi connectivity index (χ0n) is 26.4. The molecule has 2 fully saturated rings. The highest BCUT2D eigenvalue weighted by atomic mass is 35.5. The molecular formula is C36H54ClN3O. The molecule has 3 N–H and O–H groups in total. The van der Waals surface area contributed by atoms with Gasteiger partial charge < -0.3 is 10.1 Å². The number of aldehydes is 1. The minimum Gasteiger partial charge on any atom is -0.316 e. The van der Waals surface area contributed by atoms with E-state index in [0.29, 0.717) is 5.92 Å². The van der Waals surface area contributed by atoms with Crippen LogP contribution in [0.4, 0.5) is 5.69 Å². The topological polar surface area (TPSA) is 58.4 Å². The Balaban J connectivity index is 0.000000255. The van der Waals surface area contributed by atoms with Gasteiger partial charge >= 0.3 is 0 Å². The van der Waals surface area contributed by atoms with Crippen LogP contribution in [0, 0.1) is 37.5 Å². The molecule has 5 atom stereocenters. The van der Waals surface area contributed by atoms with Crippen molar-refractivity contribution in [3.8, 4) is 0 Å². The van der Waals surface area contributed by atoms with Crippen molar-refractivity contribution in [2.45, 2.75) is 105 Å². The number of hydrogen-bond donors (Lipinski definition) is 2. The lowest BCUT2D eigenvalue weighted by Gasteiger charge is -2.44. The fraction of sp³-hybridized carbons (Fsp3) is 0.583. The summed E-state index contributed by atoms with van der Waals surface area (Å²) in [7, 11) is 2.14. The van der Waals surface area contributed by atoms with Gasteiger partial charge in [-0.05, 0) is 127 Å². The van der Waals surface area contributed by atoms with Crippen LogP contribution in [0.1, 0.15) is 95.2 Å². The SMILES string of the molecule is CC1=C(N(N)c2ccc(Cl)cc2C)C(Cc2ccc(C)cc2)CCCC1.CC=O.CNC1C(C)CC2CCCC1C2. The molecular weight excluding hydrogens is 526 g/mol. The normalized spacial score (nSPS) is 25.6. The number of carbonyl (C=O) groups is 1.